The second kappa shape index (κ2) is 10.6. The summed E-state index contributed by atoms with van der Waals surface area (Å²) < 4.78 is 24.7. The minimum Gasteiger partial charge on any atom is -0.302 e. The predicted octanol–water partition coefficient (Wildman–Crippen LogP) is 4.63. The molecule has 0 saturated carbocycles. The number of hydrogen-bond donors (Lipinski definition) is 1. The first-order valence-corrected chi connectivity index (χ1v) is 11.4. The second-order valence-corrected chi connectivity index (χ2v) is 9.36. The van der Waals surface area contributed by atoms with Crippen molar-refractivity contribution in [3.8, 4) is 0 Å². The van der Waals surface area contributed by atoms with Crippen LogP contribution in [-0.2, 0) is 20.0 Å². The molecule has 6 heteroatoms. The molecular weight excluding hydrogens is 347 g/mol. The lowest BCUT2D eigenvalue weighted by molar-refractivity contribution is 0.128. The van der Waals surface area contributed by atoms with Gasteiger partial charge in [0, 0.05) is 12.6 Å². The minimum absolute atomic E-state index is 0.0128. The van der Waals surface area contributed by atoms with Gasteiger partial charge in [0.05, 0.1) is 12.2 Å². The average Bonchev–Trinajstić information content (AvgIpc) is 2.54. The van der Waals surface area contributed by atoms with E-state index in [4.69, 9.17) is 9.05 Å². The second-order valence-electron chi connectivity index (χ2n) is 7.68. The lowest BCUT2D eigenvalue weighted by atomic mass is 10.0. The van der Waals surface area contributed by atoms with Crippen molar-refractivity contribution >= 4 is 7.75 Å². The third-order valence-electron chi connectivity index (χ3n) is 4.29. The molecule has 0 aliphatic carbocycles. The van der Waals surface area contributed by atoms with E-state index in [-0.39, 0.29) is 18.2 Å². The Balaban J connectivity index is 2.12. The lowest BCUT2D eigenvalue weighted by Crippen LogP contribution is -2.44. The number of hydrogen-bond acceptors (Lipinski definition) is 4. The SMILES string of the molecule is CC(C)OP(=O)(N[C@@H](Cc1ccccc1)CN1CCCCC1)OC(C)C. The van der Waals surface area contributed by atoms with Gasteiger partial charge in [-0.15, -0.1) is 0 Å². The van der Waals surface area contributed by atoms with Crippen molar-refractivity contribution in [3.63, 3.8) is 0 Å². The van der Waals surface area contributed by atoms with Crippen molar-refractivity contribution < 1.29 is 13.6 Å². The number of benzene rings is 1. The zero-order chi connectivity index (χ0) is 19.0. The topological polar surface area (TPSA) is 50.8 Å². The van der Waals surface area contributed by atoms with Crippen LogP contribution in [0.2, 0.25) is 0 Å². The van der Waals surface area contributed by atoms with Gasteiger partial charge in [0.2, 0.25) is 0 Å². The highest BCUT2D eigenvalue weighted by molar-refractivity contribution is 7.51. The molecule has 1 aliphatic heterocycles. The smallest absolute Gasteiger partial charge is 0.302 e. The van der Waals surface area contributed by atoms with E-state index in [9.17, 15) is 4.57 Å². The van der Waals surface area contributed by atoms with Crippen LogP contribution in [0.25, 0.3) is 0 Å². The lowest BCUT2D eigenvalue weighted by Gasteiger charge is -2.33. The number of nitrogens with zero attached hydrogens (tertiary/aromatic N) is 1. The van der Waals surface area contributed by atoms with Gasteiger partial charge in [0.1, 0.15) is 0 Å². The predicted molar refractivity (Wildman–Crippen MR) is 107 cm³/mol. The Morgan fingerprint density at radius 1 is 1.00 bits per heavy atom. The molecule has 1 heterocycles. The molecule has 2 rings (SSSR count). The first-order valence-electron chi connectivity index (χ1n) is 9.87. The number of rotatable bonds is 10. The van der Waals surface area contributed by atoms with Gasteiger partial charge in [-0.05, 0) is 65.6 Å². The molecule has 0 amide bonds. The molecule has 1 aromatic rings. The van der Waals surface area contributed by atoms with Gasteiger partial charge < -0.3 is 4.90 Å². The van der Waals surface area contributed by atoms with Crippen LogP contribution in [0.15, 0.2) is 30.3 Å². The maximum absolute atomic E-state index is 13.3. The molecule has 0 spiro atoms. The summed E-state index contributed by atoms with van der Waals surface area (Å²) in [4.78, 5) is 2.46. The van der Waals surface area contributed by atoms with Gasteiger partial charge in [-0.3, -0.25) is 9.05 Å². The van der Waals surface area contributed by atoms with Crippen molar-refractivity contribution in [1.29, 1.82) is 0 Å². The number of piperidine rings is 1. The minimum atomic E-state index is -3.37. The molecule has 0 aromatic heterocycles. The van der Waals surface area contributed by atoms with Gasteiger partial charge >= 0.3 is 7.75 Å². The molecule has 0 bridgehead atoms. The van der Waals surface area contributed by atoms with E-state index in [0.717, 1.165) is 26.1 Å². The summed E-state index contributed by atoms with van der Waals surface area (Å²) in [6.45, 7) is 10.6. The van der Waals surface area contributed by atoms with E-state index < -0.39 is 7.75 Å². The maximum atomic E-state index is 13.3. The fraction of sp³-hybridized carbons (Fsp3) is 0.700. The van der Waals surface area contributed by atoms with Crippen LogP contribution in [-0.4, -0.2) is 42.8 Å². The van der Waals surface area contributed by atoms with Gasteiger partial charge in [-0.25, -0.2) is 9.65 Å². The Morgan fingerprint density at radius 2 is 1.58 bits per heavy atom. The fourth-order valence-electron chi connectivity index (χ4n) is 3.37. The van der Waals surface area contributed by atoms with Crippen molar-refractivity contribution in [3.05, 3.63) is 35.9 Å². The van der Waals surface area contributed by atoms with Gasteiger partial charge in [0.15, 0.2) is 0 Å². The van der Waals surface area contributed by atoms with E-state index in [0.29, 0.717) is 0 Å². The van der Waals surface area contributed by atoms with Crippen molar-refractivity contribution in [2.45, 2.75) is 71.6 Å². The Hall–Kier alpha value is -0.710. The molecular formula is C20H35N2O3P. The van der Waals surface area contributed by atoms with Crippen molar-refractivity contribution in [2.24, 2.45) is 0 Å². The molecule has 1 fully saturated rings. The quantitative estimate of drug-likeness (QED) is 0.598. The average molecular weight is 382 g/mol. The van der Waals surface area contributed by atoms with E-state index in [2.05, 4.69) is 22.1 Å². The summed E-state index contributed by atoms with van der Waals surface area (Å²) in [5.74, 6) is 0. The third-order valence-corrected chi connectivity index (χ3v) is 6.37. The van der Waals surface area contributed by atoms with Crippen LogP contribution in [0.4, 0.5) is 0 Å². The zero-order valence-corrected chi connectivity index (χ0v) is 17.6. The summed E-state index contributed by atoms with van der Waals surface area (Å²) in [6.07, 6.45) is 4.24. The largest absolute Gasteiger partial charge is 0.406 e. The van der Waals surface area contributed by atoms with Gasteiger partial charge in [-0.1, -0.05) is 36.8 Å². The normalized spacial score (nSPS) is 17.8. The van der Waals surface area contributed by atoms with Crippen LogP contribution < -0.4 is 5.09 Å². The first kappa shape index (κ1) is 21.6. The summed E-state index contributed by atoms with van der Waals surface area (Å²) in [5.41, 5.74) is 1.22. The van der Waals surface area contributed by atoms with Crippen molar-refractivity contribution in [2.75, 3.05) is 19.6 Å². The summed E-state index contributed by atoms with van der Waals surface area (Å²) >= 11 is 0. The number of nitrogens with one attached hydrogen (secondary N) is 1. The molecule has 148 valence electrons. The van der Waals surface area contributed by atoms with Gasteiger partial charge in [-0.2, -0.15) is 0 Å². The van der Waals surface area contributed by atoms with E-state index in [1.165, 1.54) is 24.8 Å². The highest BCUT2D eigenvalue weighted by Crippen LogP contribution is 2.47. The van der Waals surface area contributed by atoms with Crippen LogP contribution in [0.3, 0.4) is 0 Å². The van der Waals surface area contributed by atoms with Crippen LogP contribution in [0.1, 0.15) is 52.5 Å². The summed E-state index contributed by atoms with van der Waals surface area (Å²) in [6, 6.07) is 10.3. The van der Waals surface area contributed by atoms with E-state index >= 15 is 0 Å². The maximum Gasteiger partial charge on any atom is 0.406 e. The van der Waals surface area contributed by atoms with E-state index in [1.54, 1.807) is 0 Å². The van der Waals surface area contributed by atoms with Crippen LogP contribution >= 0.6 is 7.75 Å². The molecule has 1 N–H and O–H groups in total. The molecule has 1 atom stereocenters. The standard InChI is InChI=1S/C20H35N2O3P/c1-17(2)24-26(23,25-18(3)4)21-20(15-19-11-7-5-8-12-19)16-22-13-9-6-10-14-22/h5,7-8,11-12,17-18,20H,6,9-10,13-16H2,1-4H3,(H,21,23)/t20-/m0/s1. The highest BCUT2D eigenvalue weighted by Gasteiger charge is 2.32. The molecule has 1 aromatic carbocycles. The molecule has 0 radical (unpaired) electrons. The van der Waals surface area contributed by atoms with Crippen LogP contribution in [0.5, 0.6) is 0 Å². The molecule has 26 heavy (non-hydrogen) atoms. The Morgan fingerprint density at radius 3 is 2.12 bits per heavy atom. The highest BCUT2D eigenvalue weighted by atomic mass is 31.2. The molecule has 1 aliphatic rings. The van der Waals surface area contributed by atoms with Crippen molar-refractivity contribution in [1.82, 2.24) is 9.99 Å². The monoisotopic (exact) mass is 382 g/mol. The third kappa shape index (κ3) is 7.89. The van der Waals surface area contributed by atoms with Gasteiger partial charge in [0.25, 0.3) is 0 Å². The summed E-state index contributed by atoms with van der Waals surface area (Å²) in [7, 11) is -3.37. The number of likely N-dealkylation sites (tertiary alicyclic amines) is 1. The van der Waals surface area contributed by atoms with E-state index in [1.807, 2.05) is 45.9 Å². The van der Waals surface area contributed by atoms with Crippen LogP contribution in [0, 0.1) is 0 Å². The molecule has 1 saturated heterocycles. The Kier molecular flexibility index (Phi) is 8.78. The fourth-order valence-corrected chi connectivity index (χ4v) is 5.27. The molecule has 5 nitrogen and oxygen atoms in total. The molecule has 0 unspecified atom stereocenters. The summed E-state index contributed by atoms with van der Waals surface area (Å²) in [5, 5.41) is 3.26. The Labute approximate surface area is 159 Å². The zero-order valence-electron chi connectivity index (χ0n) is 16.7. The first-order chi connectivity index (χ1) is 12.4. The Bertz CT molecular complexity index is 545.